The Balaban J connectivity index is 2.45. The molecule has 1 aliphatic rings. The van der Waals surface area contributed by atoms with Crippen molar-refractivity contribution in [2.45, 2.75) is 32.4 Å². The number of benzene rings is 1. The van der Waals surface area contributed by atoms with Gasteiger partial charge in [0.05, 0.1) is 0 Å². The molecule has 0 saturated heterocycles. The number of fused-ring (bicyclic) bond motifs is 1. The first-order valence-corrected chi connectivity index (χ1v) is 4.93. The van der Waals surface area contributed by atoms with Gasteiger partial charge in [0.15, 0.2) is 0 Å². The minimum Gasteiger partial charge on any atom is -0.307 e. The molecule has 2 nitrogen and oxygen atoms in total. The molecule has 2 heteroatoms. The average molecular weight is 189 g/mol. The summed E-state index contributed by atoms with van der Waals surface area (Å²) in [5, 5.41) is 3.43. The van der Waals surface area contributed by atoms with Gasteiger partial charge in [-0.1, -0.05) is 18.2 Å². The number of rotatable bonds is 1. The minimum absolute atomic E-state index is 0.147. The molecular formula is C12H15NO. The minimum atomic E-state index is 0.147. The molecule has 0 atom stereocenters. The number of hydrogen-bond acceptors (Lipinski definition) is 2. The molecule has 2 rings (SSSR count). The molecule has 1 aromatic carbocycles. The lowest BCUT2D eigenvalue weighted by Gasteiger charge is -2.33. The van der Waals surface area contributed by atoms with Gasteiger partial charge >= 0.3 is 0 Å². The fourth-order valence-electron chi connectivity index (χ4n) is 2.01. The highest BCUT2D eigenvalue weighted by molar-refractivity contribution is 5.78. The predicted molar refractivity (Wildman–Crippen MR) is 56.5 cm³/mol. The SMILES string of the molecule is CC1(C)Cc2cccc(C=O)c2CN1. The monoisotopic (exact) mass is 189 g/mol. The van der Waals surface area contributed by atoms with Gasteiger partial charge in [-0.05, 0) is 31.4 Å². The summed E-state index contributed by atoms with van der Waals surface area (Å²) in [5.74, 6) is 0. The van der Waals surface area contributed by atoms with Crippen LogP contribution in [0.1, 0.15) is 35.3 Å². The summed E-state index contributed by atoms with van der Waals surface area (Å²) >= 11 is 0. The van der Waals surface area contributed by atoms with Gasteiger partial charge < -0.3 is 5.32 Å². The summed E-state index contributed by atoms with van der Waals surface area (Å²) in [6.45, 7) is 5.17. The summed E-state index contributed by atoms with van der Waals surface area (Å²) in [6.07, 6.45) is 1.93. The zero-order valence-electron chi connectivity index (χ0n) is 8.63. The summed E-state index contributed by atoms with van der Waals surface area (Å²) < 4.78 is 0. The highest BCUT2D eigenvalue weighted by atomic mass is 16.1. The van der Waals surface area contributed by atoms with Crippen molar-refractivity contribution in [3.05, 3.63) is 34.9 Å². The van der Waals surface area contributed by atoms with Crippen LogP contribution in [0.2, 0.25) is 0 Å². The molecule has 0 unspecified atom stereocenters. The molecule has 0 fully saturated rings. The molecular weight excluding hydrogens is 174 g/mol. The maximum Gasteiger partial charge on any atom is 0.150 e. The normalized spacial score (nSPS) is 18.7. The van der Waals surface area contributed by atoms with E-state index in [1.165, 1.54) is 11.1 Å². The van der Waals surface area contributed by atoms with Crippen molar-refractivity contribution in [2.75, 3.05) is 0 Å². The second-order valence-corrected chi connectivity index (χ2v) is 4.52. The van der Waals surface area contributed by atoms with E-state index in [0.717, 1.165) is 24.8 Å². The van der Waals surface area contributed by atoms with Crippen LogP contribution in [-0.4, -0.2) is 11.8 Å². The molecule has 0 amide bonds. The van der Waals surface area contributed by atoms with Crippen LogP contribution in [0, 0.1) is 0 Å². The van der Waals surface area contributed by atoms with E-state index in [1.54, 1.807) is 0 Å². The van der Waals surface area contributed by atoms with Crippen LogP contribution in [0.3, 0.4) is 0 Å². The zero-order chi connectivity index (χ0) is 10.2. The molecule has 1 heterocycles. The Hall–Kier alpha value is -1.15. The van der Waals surface area contributed by atoms with Crippen LogP contribution in [0.25, 0.3) is 0 Å². The van der Waals surface area contributed by atoms with Gasteiger partial charge in [0.1, 0.15) is 6.29 Å². The van der Waals surface area contributed by atoms with Crippen LogP contribution in [0.5, 0.6) is 0 Å². The van der Waals surface area contributed by atoms with Crippen molar-refractivity contribution >= 4 is 6.29 Å². The van der Waals surface area contributed by atoms with Crippen molar-refractivity contribution in [2.24, 2.45) is 0 Å². The molecule has 0 aliphatic carbocycles. The van der Waals surface area contributed by atoms with Crippen LogP contribution in [0.4, 0.5) is 0 Å². The fourth-order valence-corrected chi connectivity index (χ4v) is 2.01. The fraction of sp³-hybridized carbons (Fsp3) is 0.417. The van der Waals surface area contributed by atoms with Crippen LogP contribution >= 0.6 is 0 Å². The third-order valence-corrected chi connectivity index (χ3v) is 2.81. The quantitative estimate of drug-likeness (QED) is 0.684. The molecule has 0 saturated carbocycles. The highest BCUT2D eigenvalue weighted by Crippen LogP contribution is 2.24. The molecule has 1 N–H and O–H groups in total. The smallest absolute Gasteiger partial charge is 0.150 e. The first-order chi connectivity index (χ1) is 6.62. The van der Waals surface area contributed by atoms with Gasteiger partial charge in [0.25, 0.3) is 0 Å². The maximum atomic E-state index is 10.8. The number of aldehydes is 1. The number of carbonyl (C=O) groups excluding carboxylic acids is 1. The molecule has 1 aliphatic heterocycles. The number of nitrogens with one attached hydrogen (secondary N) is 1. The first-order valence-electron chi connectivity index (χ1n) is 4.93. The van der Waals surface area contributed by atoms with Crippen molar-refractivity contribution in [1.29, 1.82) is 0 Å². The van der Waals surface area contributed by atoms with Crippen LogP contribution in [0.15, 0.2) is 18.2 Å². The largest absolute Gasteiger partial charge is 0.307 e. The van der Waals surface area contributed by atoms with E-state index >= 15 is 0 Å². The van der Waals surface area contributed by atoms with E-state index in [-0.39, 0.29) is 5.54 Å². The van der Waals surface area contributed by atoms with Gasteiger partial charge in [-0.3, -0.25) is 4.79 Å². The second kappa shape index (κ2) is 3.21. The topological polar surface area (TPSA) is 29.1 Å². The summed E-state index contributed by atoms with van der Waals surface area (Å²) in [4.78, 5) is 10.8. The van der Waals surface area contributed by atoms with Gasteiger partial charge in [-0.25, -0.2) is 0 Å². The van der Waals surface area contributed by atoms with Gasteiger partial charge in [-0.15, -0.1) is 0 Å². The zero-order valence-corrected chi connectivity index (χ0v) is 8.63. The van der Waals surface area contributed by atoms with E-state index in [0.29, 0.717) is 0 Å². The summed E-state index contributed by atoms with van der Waals surface area (Å²) in [6, 6.07) is 5.96. The summed E-state index contributed by atoms with van der Waals surface area (Å²) in [7, 11) is 0. The Morgan fingerprint density at radius 2 is 2.21 bits per heavy atom. The lowest BCUT2D eigenvalue weighted by molar-refractivity contribution is 0.112. The van der Waals surface area contributed by atoms with Crippen molar-refractivity contribution < 1.29 is 4.79 Å². The van der Waals surface area contributed by atoms with E-state index < -0.39 is 0 Å². The Kier molecular flexibility index (Phi) is 2.16. The Morgan fingerprint density at radius 1 is 1.43 bits per heavy atom. The van der Waals surface area contributed by atoms with Gasteiger partial charge in [-0.2, -0.15) is 0 Å². The molecule has 1 aromatic rings. The van der Waals surface area contributed by atoms with E-state index in [9.17, 15) is 4.79 Å². The molecule has 74 valence electrons. The second-order valence-electron chi connectivity index (χ2n) is 4.52. The predicted octanol–water partition coefficient (Wildman–Crippen LogP) is 1.92. The summed E-state index contributed by atoms with van der Waals surface area (Å²) in [5.41, 5.74) is 3.44. The third-order valence-electron chi connectivity index (χ3n) is 2.81. The maximum absolute atomic E-state index is 10.8. The Morgan fingerprint density at radius 3 is 2.93 bits per heavy atom. The molecule has 0 radical (unpaired) electrons. The Labute approximate surface area is 84.3 Å². The number of hydrogen-bond donors (Lipinski definition) is 1. The Bertz CT molecular complexity index is 369. The molecule has 14 heavy (non-hydrogen) atoms. The average Bonchev–Trinajstić information content (AvgIpc) is 2.15. The standard InChI is InChI=1S/C12H15NO/c1-12(2)6-9-4-3-5-10(8-14)11(9)7-13-12/h3-5,8,13H,6-7H2,1-2H3. The van der Waals surface area contributed by atoms with Gasteiger partial charge in [0.2, 0.25) is 0 Å². The van der Waals surface area contributed by atoms with Crippen molar-refractivity contribution in [1.82, 2.24) is 5.32 Å². The van der Waals surface area contributed by atoms with Crippen molar-refractivity contribution in [3.63, 3.8) is 0 Å². The highest BCUT2D eigenvalue weighted by Gasteiger charge is 2.25. The first kappa shape index (κ1) is 9.41. The molecule has 0 spiro atoms. The van der Waals surface area contributed by atoms with Crippen molar-refractivity contribution in [3.8, 4) is 0 Å². The lowest BCUT2D eigenvalue weighted by Crippen LogP contribution is -2.44. The molecule has 0 aromatic heterocycles. The van der Waals surface area contributed by atoms with Crippen LogP contribution < -0.4 is 5.32 Å². The third kappa shape index (κ3) is 1.58. The van der Waals surface area contributed by atoms with Gasteiger partial charge in [0, 0.05) is 17.6 Å². The number of carbonyl (C=O) groups is 1. The van der Waals surface area contributed by atoms with E-state index in [1.807, 2.05) is 12.1 Å². The molecule has 0 bridgehead atoms. The van der Waals surface area contributed by atoms with Crippen LogP contribution in [-0.2, 0) is 13.0 Å². The van der Waals surface area contributed by atoms with E-state index in [2.05, 4.69) is 25.2 Å². The lowest BCUT2D eigenvalue weighted by atomic mass is 9.86. The van der Waals surface area contributed by atoms with E-state index in [4.69, 9.17) is 0 Å².